The lowest BCUT2D eigenvalue weighted by Crippen LogP contribution is -2.99. The smallest absolute Gasteiger partial charge is 0.194 e. The number of carbonyl (C=O) groups is 1. The van der Waals surface area contributed by atoms with Gasteiger partial charge in [-0.2, -0.15) is 5.23 Å². The highest BCUT2D eigenvalue weighted by Crippen LogP contribution is 2.37. The molecule has 0 saturated carbocycles. The van der Waals surface area contributed by atoms with Crippen molar-refractivity contribution < 1.29 is 15.2 Å². The fourth-order valence-electron chi connectivity index (χ4n) is 2.18. The third-order valence-electron chi connectivity index (χ3n) is 3.03. The monoisotopic (exact) mass is 353 g/mol. The molecule has 0 radical (unpaired) electrons. The normalized spacial score (nSPS) is 14.3. The van der Waals surface area contributed by atoms with Crippen LogP contribution in [0.15, 0.2) is 36.4 Å². The minimum atomic E-state index is -1.02. The molecule has 1 aliphatic rings. The largest absolute Gasteiger partial charge is 0.595 e. The first-order valence-electron chi connectivity index (χ1n) is 5.30. The minimum absolute atomic E-state index is 0.0957. The summed E-state index contributed by atoms with van der Waals surface area (Å²) in [4.78, 5) is 12.2. The number of halogens is 1. The van der Waals surface area contributed by atoms with Crippen LogP contribution in [0.1, 0.15) is 15.9 Å². The standard InChI is InChI=1S/C13H8INO3/c14-7-1-3-9-10-4-2-8(15(17)18)6-12(10)13(16)11(9)5-7/h1-6,15,17H. The van der Waals surface area contributed by atoms with Crippen LogP contribution in [0.2, 0.25) is 0 Å². The van der Waals surface area contributed by atoms with Crippen LogP contribution in [-0.4, -0.2) is 11.0 Å². The van der Waals surface area contributed by atoms with Crippen molar-refractivity contribution in [3.63, 3.8) is 0 Å². The number of quaternary nitrogens is 1. The van der Waals surface area contributed by atoms with Crippen molar-refractivity contribution in [1.82, 2.24) is 0 Å². The van der Waals surface area contributed by atoms with Gasteiger partial charge in [-0.1, -0.05) is 6.07 Å². The summed E-state index contributed by atoms with van der Waals surface area (Å²) in [7, 11) is 0. The molecule has 2 aromatic rings. The molecule has 0 amide bonds. The van der Waals surface area contributed by atoms with Crippen molar-refractivity contribution in [2.24, 2.45) is 0 Å². The first-order valence-corrected chi connectivity index (χ1v) is 6.38. The van der Waals surface area contributed by atoms with Gasteiger partial charge in [-0.3, -0.25) is 4.79 Å². The zero-order valence-electron chi connectivity index (χ0n) is 9.11. The summed E-state index contributed by atoms with van der Waals surface area (Å²) in [6, 6.07) is 10.4. The maximum Gasteiger partial charge on any atom is 0.194 e. The molecule has 0 heterocycles. The number of hydrogen-bond acceptors (Lipinski definition) is 3. The lowest BCUT2D eigenvalue weighted by Gasteiger charge is -2.12. The van der Waals surface area contributed by atoms with E-state index >= 15 is 0 Å². The third-order valence-corrected chi connectivity index (χ3v) is 3.70. The molecule has 5 heteroatoms. The van der Waals surface area contributed by atoms with Gasteiger partial charge < -0.3 is 5.21 Å². The lowest BCUT2D eigenvalue weighted by atomic mass is 10.1. The van der Waals surface area contributed by atoms with Crippen molar-refractivity contribution in [3.05, 3.63) is 56.3 Å². The fraction of sp³-hybridized carbons (Fsp3) is 0. The molecular formula is C13H8INO3. The van der Waals surface area contributed by atoms with Crippen molar-refractivity contribution >= 4 is 34.1 Å². The second-order valence-electron chi connectivity index (χ2n) is 4.08. The SMILES string of the molecule is O=C1c2cc(I)ccc2-c2ccc([NH+]([O-])O)cc21. The van der Waals surface area contributed by atoms with Gasteiger partial charge in [0, 0.05) is 26.8 Å². The van der Waals surface area contributed by atoms with E-state index in [0.29, 0.717) is 11.1 Å². The first-order chi connectivity index (χ1) is 8.58. The van der Waals surface area contributed by atoms with Gasteiger partial charge in [-0.15, -0.1) is 0 Å². The van der Waals surface area contributed by atoms with E-state index in [2.05, 4.69) is 22.6 Å². The van der Waals surface area contributed by atoms with Gasteiger partial charge in [0.05, 0.1) is 0 Å². The number of carbonyl (C=O) groups excluding carboxylic acids is 1. The number of fused-ring (bicyclic) bond motifs is 3. The quantitative estimate of drug-likeness (QED) is 0.519. The van der Waals surface area contributed by atoms with E-state index in [9.17, 15) is 10.0 Å². The van der Waals surface area contributed by atoms with E-state index in [1.54, 1.807) is 6.07 Å². The predicted molar refractivity (Wildman–Crippen MR) is 73.8 cm³/mol. The summed E-state index contributed by atoms with van der Waals surface area (Å²) in [5, 5.41) is 18.9. The van der Waals surface area contributed by atoms with Crippen molar-refractivity contribution in [1.29, 1.82) is 0 Å². The molecule has 0 aliphatic heterocycles. The highest BCUT2D eigenvalue weighted by molar-refractivity contribution is 14.1. The van der Waals surface area contributed by atoms with Crippen LogP contribution in [0.25, 0.3) is 11.1 Å². The van der Waals surface area contributed by atoms with Gasteiger partial charge in [0.1, 0.15) is 0 Å². The molecule has 3 rings (SSSR count). The molecule has 18 heavy (non-hydrogen) atoms. The Labute approximate surface area is 117 Å². The molecule has 2 N–H and O–H groups in total. The van der Waals surface area contributed by atoms with Crippen LogP contribution >= 0.6 is 22.6 Å². The van der Waals surface area contributed by atoms with Crippen molar-refractivity contribution in [2.75, 3.05) is 0 Å². The average molecular weight is 353 g/mol. The maximum atomic E-state index is 12.2. The van der Waals surface area contributed by atoms with Crippen LogP contribution in [0.3, 0.4) is 0 Å². The average Bonchev–Trinajstić information content (AvgIpc) is 2.62. The number of benzene rings is 2. The molecule has 1 atom stereocenters. The summed E-state index contributed by atoms with van der Waals surface area (Å²) < 4.78 is 0.992. The number of hydrogen-bond donors (Lipinski definition) is 2. The van der Waals surface area contributed by atoms with Crippen LogP contribution in [0.5, 0.6) is 0 Å². The molecule has 0 spiro atoms. The van der Waals surface area contributed by atoms with Crippen molar-refractivity contribution in [3.8, 4) is 11.1 Å². The summed E-state index contributed by atoms with van der Waals surface area (Å²) in [5.41, 5.74) is 2.97. The Morgan fingerprint density at radius 2 is 1.61 bits per heavy atom. The second kappa shape index (κ2) is 4.13. The van der Waals surface area contributed by atoms with Gasteiger partial charge in [0.25, 0.3) is 0 Å². The molecule has 90 valence electrons. The van der Waals surface area contributed by atoms with E-state index in [1.165, 1.54) is 12.1 Å². The van der Waals surface area contributed by atoms with E-state index in [-0.39, 0.29) is 11.5 Å². The maximum absolute atomic E-state index is 12.2. The zero-order valence-corrected chi connectivity index (χ0v) is 11.3. The van der Waals surface area contributed by atoms with Gasteiger partial charge >= 0.3 is 0 Å². The van der Waals surface area contributed by atoms with E-state index < -0.39 is 5.23 Å². The Hall–Kier alpha value is -1.28. The Bertz CT molecular complexity index is 667. The molecule has 0 bridgehead atoms. The number of ketones is 1. The Morgan fingerprint density at radius 3 is 2.28 bits per heavy atom. The van der Waals surface area contributed by atoms with Gasteiger partial charge in [-0.25, -0.2) is 5.21 Å². The van der Waals surface area contributed by atoms with Crippen molar-refractivity contribution in [2.45, 2.75) is 0 Å². The van der Waals surface area contributed by atoms with Crippen LogP contribution in [-0.2, 0) is 0 Å². The van der Waals surface area contributed by atoms with Gasteiger partial charge in [0.2, 0.25) is 0 Å². The van der Waals surface area contributed by atoms with Gasteiger partial charge in [0.15, 0.2) is 11.5 Å². The van der Waals surface area contributed by atoms with Crippen LogP contribution in [0, 0.1) is 8.78 Å². The summed E-state index contributed by atoms with van der Waals surface area (Å²) >= 11 is 2.15. The number of rotatable bonds is 1. The topological polar surface area (TPSA) is 64.8 Å². The number of nitrogens with one attached hydrogen (secondary N) is 1. The molecule has 2 aromatic carbocycles. The highest BCUT2D eigenvalue weighted by Gasteiger charge is 2.27. The van der Waals surface area contributed by atoms with Gasteiger partial charge in [-0.05, 0) is 51.9 Å². The third kappa shape index (κ3) is 1.67. The predicted octanol–water partition coefficient (Wildman–Crippen LogP) is 1.91. The van der Waals surface area contributed by atoms with Crippen LogP contribution < -0.4 is 5.23 Å². The summed E-state index contributed by atoms with van der Waals surface area (Å²) in [5.74, 6) is -0.0957. The molecule has 1 aliphatic carbocycles. The second-order valence-corrected chi connectivity index (χ2v) is 5.33. The lowest BCUT2D eigenvalue weighted by molar-refractivity contribution is -0.991. The fourth-order valence-corrected chi connectivity index (χ4v) is 2.68. The van der Waals surface area contributed by atoms with E-state index in [1.807, 2.05) is 18.2 Å². The summed E-state index contributed by atoms with van der Waals surface area (Å²) in [6.45, 7) is 0. The van der Waals surface area contributed by atoms with E-state index in [0.717, 1.165) is 14.7 Å². The van der Waals surface area contributed by atoms with E-state index in [4.69, 9.17) is 5.21 Å². The molecule has 1 unspecified atom stereocenters. The molecule has 0 saturated heterocycles. The summed E-state index contributed by atoms with van der Waals surface area (Å²) in [6.07, 6.45) is 0. The Morgan fingerprint density at radius 1 is 1.00 bits per heavy atom. The zero-order chi connectivity index (χ0) is 12.9. The van der Waals surface area contributed by atoms with Crippen LogP contribution in [0.4, 0.5) is 5.69 Å². The molecular weight excluding hydrogens is 345 g/mol. The Kier molecular flexibility index (Phi) is 2.70. The highest BCUT2D eigenvalue weighted by atomic mass is 127. The first kappa shape index (κ1) is 11.8. The molecule has 0 fully saturated rings. The Balaban J connectivity index is 2.23. The minimum Gasteiger partial charge on any atom is -0.595 e. The molecule has 4 nitrogen and oxygen atoms in total. The molecule has 0 aromatic heterocycles.